The lowest BCUT2D eigenvalue weighted by atomic mass is 9.71. The van der Waals surface area contributed by atoms with Gasteiger partial charge in [-0.2, -0.15) is 0 Å². The van der Waals surface area contributed by atoms with Gasteiger partial charge in [0.1, 0.15) is 5.75 Å². The van der Waals surface area contributed by atoms with Crippen LogP contribution in [0.1, 0.15) is 43.8 Å². The van der Waals surface area contributed by atoms with E-state index in [1.165, 1.54) is 7.11 Å². The summed E-state index contributed by atoms with van der Waals surface area (Å²) < 4.78 is 29.3. The second-order valence-corrected chi connectivity index (χ2v) is 12.0. The van der Waals surface area contributed by atoms with E-state index in [9.17, 15) is 23.1 Å². The number of ether oxygens (including phenoxy) is 1. The maximum Gasteiger partial charge on any atom is 0.256 e. The Morgan fingerprint density at radius 2 is 1.67 bits per heavy atom. The number of aliphatic hydroxyl groups is 1. The Morgan fingerprint density at radius 1 is 1.03 bits per heavy atom. The summed E-state index contributed by atoms with van der Waals surface area (Å²) in [7, 11) is -1.80. The van der Waals surface area contributed by atoms with Crippen molar-refractivity contribution in [1.29, 1.82) is 0 Å². The molecule has 1 aromatic carbocycles. The third-order valence-electron chi connectivity index (χ3n) is 8.15. The molecule has 4 aliphatic rings. The highest BCUT2D eigenvalue weighted by Crippen LogP contribution is 2.62. The van der Waals surface area contributed by atoms with Gasteiger partial charge in [0.15, 0.2) is 15.9 Å². The van der Waals surface area contributed by atoms with E-state index in [1.807, 2.05) is 4.90 Å². The molecule has 3 fully saturated rings. The smallest absolute Gasteiger partial charge is 0.256 e. The fourth-order valence-corrected chi connectivity index (χ4v) is 7.93. The summed E-state index contributed by atoms with van der Waals surface area (Å²) in [5.74, 6) is 0.0546. The zero-order chi connectivity index (χ0) is 23.4. The molecule has 1 saturated carbocycles. The number of sulfone groups is 1. The van der Waals surface area contributed by atoms with Crippen LogP contribution in [0.15, 0.2) is 35.2 Å². The fraction of sp³-hybridized carbons (Fsp3) is 0.583. The van der Waals surface area contributed by atoms with Crippen molar-refractivity contribution in [3.63, 3.8) is 0 Å². The van der Waals surface area contributed by atoms with Gasteiger partial charge in [0.25, 0.3) is 11.8 Å². The van der Waals surface area contributed by atoms with Crippen LogP contribution in [-0.4, -0.2) is 74.2 Å². The third kappa shape index (κ3) is 3.56. The van der Waals surface area contributed by atoms with Crippen LogP contribution in [0, 0.1) is 10.8 Å². The maximum absolute atomic E-state index is 13.3. The summed E-state index contributed by atoms with van der Waals surface area (Å²) in [5.41, 5.74) is 0.427. The number of hydrogen-bond donors (Lipinski definition) is 1. The molecule has 2 saturated heterocycles. The topological polar surface area (TPSA) is 104 Å². The lowest BCUT2D eigenvalue weighted by Gasteiger charge is -2.29. The Kier molecular flexibility index (Phi) is 5.32. The Labute approximate surface area is 194 Å². The summed E-state index contributed by atoms with van der Waals surface area (Å²) in [6.07, 6.45) is 2.56. The second-order valence-electron chi connectivity index (χ2n) is 10.0. The van der Waals surface area contributed by atoms with E-state index in [2.05, 4.69) is 0 Å². The molecule has 3 aliphatic heterocycles. The first-order valence-corrected chi connectivity index (χ1v) is 13.2. The standard InChI is InChI=1S/C24H30N2O6S/c1-32-19-8-3-2-7-18(19)20(27)22(29)26-15-23-9-5-10-24(23,16-26)14-25(13-23)21(28)17-6-4-11-33(30,31)12-17/h2-3,7-8,12,20,27H,4-6,9-11,13-16H2,1H3/t20-,23?,24?/m1/s1. The minimum atomic E-state index is -3.31. The van der Waals surface area contributed by atoms with E-state index in [4.69, 9.17) is 4.74 Å². The van der Waals surface area contributed by atoms with Crippen molar-refractivity contribution in [2.45, 2.75) is 38.2 Å². The van der Waals surface area contributed by atoms with Gasteiger partial charge in [0.05, 0.1) is 12.9 Å². The predicted octanol–water partition coefficient (Wildman–Crippen LogP) is 1.66. The van der Waals surface area contributed by atoms with Crippen LogP contribution in [-0.2, 0) is 19.4 Å². The molecular formula is C24H30N2O6S. The van der Waals surface area contributed by atoms with E-state index in [0.29, 0.717) is 55.9 Å². The van der Waals surface area contributed by atoms with Gasteiger partial charge < -0.3 is 19.6 Å². The molecule has 5 rings (SSSR count). The molecule has 3 heterocycles. The number of methoxy groups -OCH3 is 1. The van der Waals surface area contributed by atoms with Crippen LogP contribution in [0.5, 0.6) is 5.75 Å². The van der Waals surface area contributed by atoms with Crippen LogP contribution in [0.3, 0.4) is 0 Å². The number of amides is 2. The van der Waals surface area contributed by atoms with Crippen molar-refractivity contribution < 1.29 is 27.9 Å². The summed E-state index contributed by atoms with van der Waals surface area (Å²) >= 11 is 0. The highest BCUT2D eigenvalue weighted by Gasteiger charge is 2.66. The molecule has 0 spiro atoms. The summed E-state index contributed by atoms with van der Waals surface area (Å²) in [6.45, 7) is 2.05. The molecule has 2 amide bonds. The lowest BCUT2D eigenvalue weighted by Crippen LogP contribution is -2.41. The Balaban J connectivity index is 1.35. The average molecular weight is 475 g/mol. The van der Waals surface area contributed by atoms with Crippen LogP contribution in [0.25, 0.3) is 0 Å². The monoisotopic (exact) mass is 474 g/mol. The molecular weight excluding hydrogens is 444 g/mol. The average Bonchev–Trinajstić information content (AvgIpc) is 3.37. The highest BCUT2D eigenvalue weighted by molar-refractivity contribution is 7.94. The molecule has 0 bridgehead atoms. The SMILES string of the molecule is COc1ccccc1[C@@H](O)C(=O)N1CC23CCCC2(CN(C(=O)C2=CS(=O)(=O)CCC2)C3)C1. The minimum Gasteiger partial charge on any atom is -0.496 e. The third-order valence-corrected chi connectivity index (χ3v) is 9.65. The molecule has 2 unspecified atom stereocenters. The summed E-state index contributed by atoms with van der Waals surface area (Å²) in [6, 6.07) is 6.98. The van der Waals surface area contributed by atoms with Crippen LogP contribution in [0.2, 0.25) is 0 Å². The molecule has 0 aromatic heterocycles. The molecule has 178 valence electrons. The Hall–Kier alpha value is -2.39. The molecule has 8 nitrogen and oxygen atoms in total. The van der Waals surface area contributed by atoms with E-state index >= 15 is 0 Å². The predicted molar refractivity (Wildman–Crippen MR) is 121 cm³/mol. The number of aliphatic hydroxyl groups excluding tert-OH is 1. The lowest BCUT2D eigenvalue weighted by molar-refractivity contribution is -0.140. The van der Waals surface area contributed by atoms with Crippen molar-refractivity contribution in [2.24, 2.45) is 10.8 Å². The molecule has 1 aliphatic carbocycles. The second kappa shape index (κ2) is 7.84. The molecule has 33 heavy (non-hydrogen) atoms. The van der Waals surface area contributed by atoms with Crippen molar-refractivity contribution in [2.75, 3.05) is 39.0 Å². The van der Waals surface area contributed by atoms with Crippen molar-refractivity contribution >= 4 is 21.7 Å². The van der Waals surface area contributed by atoms with Gasteiger partial charge >= 0.3 is 0 Å². The van der Waals surface area contributed by atoms with Crippen LogP contribution >= 0.6 is 0 Å². The largest absolute Gasteiger partial charge is 0.496 e. The normalized spacial score (nSPS) is 31.0. The van der Waals surface area contributed by atoms with Gasteiger partial charge in [-0.25, -0.2) is 8.42 Å². The van der Waals surface area contributed by atoms with E-state index in [1.54, 1.807) is 29.2 Å². The number of carbonyl (C=O) groups is 2. The quantitative estimate of drug-likeness (QED) is 0.712. The van der Waals surface area contributed by atoms with Gasteiger partial charge in [-0.15, -0.1) is 0 Å². The van der Waals surface area contributed by atoms with Crippen molar-refractivity contribution in [3.8, 4) is 5.75 Å². The van der Waals surface area contributed by atoms with Gasteiger partial charge in [-0.3, -0.25) is 9.59 Å². The van der Waals surface area contributed by atoms with E-state index in [-0.39, 0.29) is 28.4 Å². The Morgan fingerprint density at radius 3 is 2.30 bits per heavy atom. The van der Waals surface area contributed by atoms with Gasteiger partial charge in [-0.1, -0.05) is 24.6 Å². The van der Waals surface area contributed by atoms with Crippen molar-refractivity contribution in [1.82, 2.24) is 9.80 Å². The minimum absolute atomic E-state index is 0.100. The number of benzene rings is 1. The molecule has 0 radical (unpaired) electrons. The number of likely N-dealkylation sites (tertiary alicyclic amines) is 2. The van der Waals surface area contributed by atoms with Crippen LogP contribution in [0.4, 0.5) is 0 Å². The number of rotatable bonds is 4. The van der Waals surface area contributed by atoms with Crippen molar-refractivity contribution in [3.05, 3.63) is 40.8 Å². The van der Waals surface area contributed by atoms with Crippen LogP contribution < -0.4 is 4.74 Å². The first-order valence-electron chi connectivity index (χ1n) is 11.5. The van der Waals surface area contributed by atoms with E-state index < -0.39 is 15.9 Å². The number of hydrogen-bond acceptors (Lipinski definition) is 6. The zero-order valence-electron chi connectivity index (χ0n) is 18.8. The number of nitrogens with zero attached hydrogens (tertiary/aromatic N) is 2. The molecule has 9 heteroatoms. The van der Waals surface area contributed by atoms with Gasteiger partial charge in [0.2, 0.25) is 0 Å². The molecule has 3 atom stereocenters. The number of carbonyl (C=O) groups excluding carboxylic acids is 2. The molecule has 1 N–H and O–H groups in total. The van der Waals surface area contributed by atoms with Gasteiger partial charge in [-0.05, 0) is 31.7 Å². The summed E-state index contributed by atoms with van der Waals surface area (Å²) in [4.78, 5) is 30.0. The first kappa shape index (κ1) is 22.4. The Bertz CT molecular complexity index is 1110. The molecule has 1 aromatic rings. The number of para-hydroxylation sites is 1. The summed E-state index contributed by atoms with van der Waals surface area (Å²) in [5, 5.41) is 12.0. The van der Waals surface area contributed by atoms with E-state index in [0.717, 1.165) is 24.7 Å². The van der Waals surface area contributed by atoms with Gasteiger partial charge in [0, 0.05) is 53.6 Å². The highest BCUT2D eigenvalue weighted by atomic mass is 32.2. The fourth-order valence-electron chi connectivity index (χ4n) is 6.61. The first-order chi connectivity index (χ1) is 15.7. The maximum atomic E-state index is 13.3. The zero-order valence-corrected chi connectivity index (χ0v) is 19.6.